The van der Waals surface area contributed by atoms with E-state index in [0.29, 0.717) is 23.8 Å². The fourth-order valence-corrected chi connectivity index (χ4v) is 4.06. The van der Waals surface area contributed by atoms with Gasteiger partial charge in [0.2, 0.25) is 10.0 Å². The van der Waals surface area contributed by atoms with E-state index in [2.05, 4.69) is 23.7 Å². The summed E-state index contributed by atoms with van der Waals surface area (Å²) in [5.41, 5.74) is 0.668. The van der Waals surface area contributed by atoms with Gasteiger partial charge < -0.3 is 4.90 Å². The summed E-state index contributed by atoms with van der Waals surface area (Å²) in [6.45, 7) is 13.5. The Morgan fingerprint density at radius 1 is 1.22 bits per heavy atom. The highest BCUT2D eigenvalue weighted by atomic mass is 35.5. The molecule has 0 aromatic carbocycles. The second-order valence-corrected chi connectivity index (χ2v) is 8.36. The first-order valence-corrected chi connectivity index (χ1v) is 9.88. The van der Waals surface area contributed by atoms with Crippen molar-refractivity contribution in [3.05, 3.63) is 23.0 Å². The molecule has 0 aliphatic heterocycles. The van der Waals surface area contributed by atoms with Gasteiger partial charge >= 0.3 is 0 Å². The van der Waals surface area contributed by atoms with E-state index in [1.165, 1.54) is 6.20 Å². The number of nitrogens with zero attached hydrogens (tertiary/aromatic N) is 3. The van der Waals surface area contributed by atoms with E-state index < -0.39 is 10.0 Å². The van der Waals surface area contributed by atoms with E-state index in [-0.39, 0.29) is 10.8 Å². The molecule has 1 rings (SSSR count). The number of hydrogen-bond acceptors (Lipinski definition) is 4. The Bertz CT molecular complexity index is 601. The van der Waals surface area contributed by atoms with Gasteiger partial charge in [-0.2, -0.15) is 4.31 Å². The molecule has 0 bridgehead atoms. The van der Waals surface area contributed by atoms with E-state index in [1.54, 1.807) is 17.3 Å². The van der Waals surface area contributed by atoms with E-state index in [4.69, 9.17) is 11.6 Å². The molecule has 5 nitrogen and oxygen atoms in total. The maximum Gasteiger partial charge on any atom is 0.244 e. The van der Waals surface area contributed by atoms with Gasteiger partial charge in [0.15, 0.2) is 0 Å². The van der Waals surface area contributed by atoms with Crippen molar-refractivity contribution in [1.29, 1.82) is 0 Å². The molecule has 0 saturated heterocycles. The molecule has 1 aromatic rings. The minimum absolute atomic E-state index is 0.208. The fourth-order valence-electron chi connectivity index (χ4n) is 2.33. The van der Waals surface area contributed by atoms with Crippen LogP contribution >= 0.6 is 11.6 Å². The third kappa shape index (κ3) is 5.71. The Morgan fingerprint density at radius 3 is 2.30 bits per heavy atom. The van der Waals surface area contributed by atoms with Crippen molar-refractivity contribution < 1.29 is 8.42 Å². The van der Waals surface area contributed by atoms with Gasteiger partial charge in [0.25, 0.3) is 0 Å². The van der Waals surface area contributed by atoms with Crippen LogP contribution in [0.25, 0.3) is 0 Å². The number of hydrogen-bond donors (Lipinski definition) is 0. The van der Waals surface area contributed by atoms with E-state index in [0.717, 1.165) is 19.6 Å². The molecule has 0 fully saturated rings. The van der Waals surface area contributed by atoms with Crippen LogP contribution in [0.5, 0.6) is 0 Å². The molecule has 0 aliphatic rings. The quantitative estimate of drug-likeness (QED) is 0.634. The van der Waals surface area contributed by atoms with E-state index in [9.17, 15) is 8.42 Å². The predicted molar refractivity (Wildman–Crippen MR) is 95.4 cm³/mol. The number of halogens is 1. The molecular formula is C16H28ClN3O2S. The van der Waals surface area contributed by atoms with Crippen LogP contribution in [-0.2, 0) is 10.0 Å². The molecule has 0 saturated carbocycles. The number of aryl methyl sites for hydroxylation is 1. The third-order valence-corrected chi connectivity index (χ3v) is 5.98. The van der Waals surface area contributed by atoms with Gasteiger partial charge in [-0.05, 0) is 37.6 Å². The Labute approximate surface area is 145 Å². The SMILES string of the molecule is CCN(CC)CCN(CC(C)C)S(=O)(=O)c1cnc(Cl)c(C)c1. The van der Waals surface area contributed by atoms with Gasteiger partial charge in [0.1, 0.15) is 10.0 Å². The zero-order valence-electron chi connectivity index (χ0n) is 14.7. The van der Waals surface area contributed by atoms with Crippen LogP contribution in [0.15, 0.2) is 17.2 Å². The molecule has 0 radical (unpaired) electrons. The summed E-state index contributed by atoms with van der Waals surface area (Å²) in [5, 5.41) is 0.336. The highest BCUT2D eigenvalue weighted by Crippen LogP contribution is 2.20. The van der Waals surface area contributed by atoms with Gasteiger partial charge in [-0.3, -0.25) is 0 Å². The van der Waals surface area contributed by atoms with E-state index in [1.807, 2.05) is 13.8 Å². The lowest BCUT2D eigenvalue weighted by Gasteiger charge is -2.27. The minimum atomic E-state index is -3.56. The zero-order chi connectivity index (χ0) is 17.6. The lowest BCUT2D eigenvalue weighted by Crippen LogP contribution is -2.40. The van der Waals surface area contributed by atoms with Crippen molar-refractivity contribution in [2.75, 3.05) is 32.7 Å². The van der Waals surface area contributed by atoms with Crippen LogP contribution < -0.4 is 0 Å². The summed E-state index contributed by atoms with van der Waals surface area (Å²) >= 11 is 5.91. The van der Waals surface area contributed by atoms with Crippen molar-refractivity contribution in [3.63, 3.8) is 0 Å². The molecule has 23 heavy (non-hydrogen) atoms. The average Bonchev–Trinajstić information content (AvgIpc) is 2.49. The van der Waals surface area contributed by atoms with Gasteiger partial charge in [-0.25, -0.2) is 13.4 Å². The topological polar surface area (TPSA) is 53.5 Å². The normalized spacial score (nSPS) is 12.6. The molecule has 7 heteroatoms. The van der Waals surface area contributed by atoms with Crippen molar-refractivity contribution >= 4 is 21.6 Å². The van der Waals surface area contributed by atoms with Crippen LogP contribution in [0.3, 0.4) is 0 Å². The van der Waals surface area contributed by atoms with Gasteiger partial charge in [0.05, 0.1) is 0 Å². The smallest absolute Gasteiger partial charge is 0.244 e. The molecular weight excluding hydrogens is 334 g/mol. The lowest BCUT2D eigenvalue weighted by atomic mass is 10.2. The summed E-state index contributed by atoms with van der Waals surface area (Å²) in [7, 11) is -3.56. The van der Waals surface area contributed by atoms with Gasteiger partial charge in [-0.1, -0.05) is 39.3 Å². The summed E-state index contributed by atoms with van der Waals surface area (Å²) < 4.78 is 27.4. The van der Waals surface area contributed by atoms with Crippen LogP contribution in [0.2, 0.25) is 5.15 Å². The largest absolute Gasteiger partial charge is 0.303 e. The summed E-state index contributed by atoms with van der Waals surface area (Å²) in [4.78, 5) is 6.41. The number of pyridine rings is 1. The molecule has 1 aromatic heterocycles. The standard InChI is InChI=1S/C16H28ClN3O2S/c1-6-19(7-2)8-9-20(12-13(3)4)23(21,22)15-10-14(5)16(17)18-11-15/h10-11,13H,6-9,12H2,1-5H3. The molecule has 0 unspecified atom stereocenters. The molecule has 0 aliphatic carbocycles. The van der Waals surface area contributed by atoms with Crippen LogP contribution in [0.4, 0.5) is 0 Å². The fraction of sp³-hybridized carbons (Fsp3) is 0.688. The van der Waals surface area contributed by atoms with Crippen LogP contribution in [0, 0.1) is 12.8 Å². The summed E-state index contributed by atoms with van der Waals surface area (Å²) in [6.07, 6.45) is 1.34. The Hall–Kier alpha value is -0.690. The van der Waals surface area contributed by atoms with Crippen molar-refractivity contribution in [3.8, 4) is 0 Å². The molecule has 0 atom stereocenters. The highest BCUT2D eigenvalue weighted by molar-refractivity contribution is 7.89. The molecule has 0 spiro atoms. The molecule has 1 heterocycles. The van der Waals surface area contributed by atoms with Crippen molar-refractivity contribution in [2.45, 2.75) is 39.5 Å². The van der Waals surface area contributed by atoms with Gasteiger partial charge in [0, 0.05) is 25.8 Å². The number of aromatic nitrogens is 1. The predicted octanol–water partition coefficient (Wildman–Crippen LogP) is 3.03. The first-order valence-electron chi connectivity index (χ1n) is 8.07. The molecule has 0 N–H and O–H groups in total. The second kappa shape index (κ2) is 8.97. The first kappa shape index (κ1) is 20.4. The first-order chi connectivity index (χ1) is 10.7. The monoisotopic (exact) mass is 361 g/mol. The zero-order valence-corrected chi connectivity index (χ0v) is 16.3. The Kier molecular flexibility index (Phi) is 7.94. The lowest BCUT2D eigenvalue weighted by molar-refractivity contribution is 0.262. The Morgan fingerprint density at radius 2 is 1.83 bits per heavy atom. The van der Waals surface area contributed by atoms with Crippen molar-refractivity contribution in [1.82, 2.24) is 14.2 Å². The van der Waals surface area contributed by atoms with Crippen molar-refractivity contribution in [2.24, 2.45) is 5.92 Å². The third-order valence-electron chi connectivity index (χ3n) is 3.76. The second-order valence-electron chi connectivity index (χ2n) is 6.06. The number of rotatable bonds is 9. The van der Waals surface area contributed by atoms with Crippen LogP contribution in [-0.4, -0.2) is 55.3 Å². The average molecular weight is 362 g/mol. The van der Waals surface area contributed by atoms with Gasteiger partial charge in [-0.15, -0.1) is 0 Å². The Balaban J connectivity index is 3.05. The summed E-state index contributed by atoms with van der Waals surface area (Å²) in [6, 6.07) is 1.59. The van der Waals surface area contributed by atoms with Crippen LogP contribution in [0.1, 0.15) is 33.3 Å². The highest BCUT2D eigenvalue weighted by Gasteiger charge is 2.26. The number of sulfonamides is 1. The maximum atomic E-state index is 12.9. The molecule has 0 amide bonds. The molecule has 132 valence electrons. The maximum absolute atomic E-state index is 12.9. The summed E-state index contributed by atoms with van der Waals surface area (Å²) in [5.74, 6) is 0.253. The van der Waals surface area contributed by atoms with E-state index >= 15 is 0 Å². The number of likely N-dealkylation sites (N-methyl/N-ethyl adjacent to an activating group) is 1. The minimum Gasteiger partial charge on any atom is -0.303 e.